The van der Waals surface area contributed by atoms with Crippen LogP contribution in [0.4, 0.5) is 23.0 Å². The highest BCUT2D eigenvalue weighted by Crippen LogP contribution is 2.33. The third-order valence-electron chi connectivity index (χ3n) is 6.08. The fourth-order valence-corrected chi connectivity index (χ4v) is 4.59. The molecule has 0 bridgehead atoms. The molecule has 8 heteroatoms. The number of hydrogen-bond donors (Lipinski definition) is 2. The topological polar surface area (TPSA) is 83.2 Å². The second kappa shape index (κ2) is 10.1. The molecule has 2 aromatic heterocycles. The second-order valence-electron chi connectivity index (χ2n) is 8.17. The third-order valence-corrected chi connectivity index (χ3v) is 6.39. The van der Waals surface area contributed by atoms with Crippen molar-refractivity contribution >= 4 is 34.6 Å². The summed E-state index contributed by atoms with van der Waals surface area (Å²) in [4.78, 5) is 17.7. The summed E-state index contributed by atoms with van der Waals surface area (Å²) in [6.45, 7) is 3.39. The molecule has 1 aliphatic heterocycles. The number of nitrogens with two attached hydrogens (primary N) is 1. The van der Waals surface area contributed by atoms with E-state index < -0.39 is 0 Å². The van der Waals surface area contributed by atoms with Gasteiger partial charge < -0.3 is 16.0 Å². The summed E-state index contributed by atoms with van der Waals surface area (Å²) in [7, 11) is 0. The van der Waals surface area contributed by atoms with E-state index in [-0.39, 0.29) is 6.04 Å². The average Bonchev–Trinajstić information content (AvgIpc) is 2.89. The number of benzene rings is 2. The third kappa shape index (κ3) is 4.66. The number of nitrogens with one attached hydrogen (secondary N) is 1. The Kier molecular flexibility index (Phi) is 6.56. The van der Waals surface area contributed by atoms with Crippen molar-refractivity contribution in [2.24, 2.45) is 0 Å². The Labute approximate surface area is 204 Å². The largest absolute Gasteiger partial charge is 0.393 e. The lowest BCUT2D eigenvalue weighted by Gasteiger charge is -2.40. The Bertz CT molecular complexity index is 1190. The van der Waals surface area contributed by atoms with Gasteiger partial charge in [-0.3, -0.25) is 4.90 Å². The Morgan fingerprint density at radius 3 is 2.06 bits per heavy atom. The van der Waals surface area contributed by atoms with E-state index in [1.807, 2.05) is 12.1 Å². The SMILES string of the molecule is Nc1c(Nc2cccnc2Cl)ncnc1N1CCN(C(c2ccccc2)c2ccccc2)CC1. The molecule has 0 saturated carbocycles. The Morgan fingerprint density at radius 2 is 1.44 bits per heavy atom. The van der Waals surface area contributed by atoms with Gasteiger partial charge in [0.15, 0.2) is 16.8 Å². The quantitative estimate of drug-likeness (QED) is 0.392. The van der Waals surface area contributed by atoms with Gasteiger partial charge in [-0.1, -0.05) is 72.3 Å². The average molecular weight is 472 g/mol. The van der Waals surface area contributed by atoms with E-state index in [1.54, 1.807) is 6.20 Å². The molecule has 2 aromatic carbocycles. The molecule has 34 heavy (non-hydrogen) atoms. The normalized spacial score (nSPS) is 14.4. The van der Waals surface area contributed by atoms with Gasteiger partial charge in [0.25, 0.3) is 0 Å². The maximum absolute atomic E-state index is 6.48. The zero-order valence-corrected chi connectivity index (χ0v) is 19.4. The predicted molar refractivity (Wildman–Crippen MR) is 137 cm³/mol. The minimum absolute atomic E-state index is 0.206. The first-order valence-corrected chi connectivity index (χ1v) is 11.7. The van der Waals surface area contributed by atoms with Gasteiger partial charge in [0, 0.05) is 32.4 Å². The molecule has 1 fully saturated rings. The molecule has 0 aliphatic carbocycles. The van der Waals surface area contributed by atoms with Crippen molar-refractivity contribution in [2.75, 3.05) is 42.1 Å². The summed E-state index contributed by atoms with van der Waals surface area (Å²) in [6.07, 6.45) is 3.17. The van der Waals surface area contributed by atoms with Crippen molar-refractivity contribution in [1.29, 1.82) is 0 Å². The van der Waals surface area contributed by atoms with Crippen molar-refractivity contribution in [3.8, 4) is 0 Å². The van der Waals surface area contributed by atoms with Crippen LogP contribution in [0.1, 0.15) is 17.2 Å². The molecule has 0 radical (unpaired) electrons. The standard InChI is InChI=1S/C26H26ClN7/c27-24-21(12-7-13-29-24)32-25-22(28)26(31-18-30-25)34-16-14-33(15-17-34)23(19-8-3-1-4-9-19)20-10-5-2-6-11-20/h1-13,18,23H,14-17,28H2,(H,30,31,32). The number of nitrogens with zero attached hydrogens (tertiary/aromatic N) is 5. The van der Waals surface area contributed by atoms with E-state index in [0.717, 1.165) is 32.0 Å². The monoisotopic (exact) mass is 471 g/mol. The Hall–Kier alpha value is -3.68. The summed E-state index contributed by atoms with van der Waals surface area (Å²) in [5.41, 5.74) is 10.2. The van der Waals surface area contributed by atoms with E-state index in [1.165, 1.54) is 17.5 Å². The fourth-order valence-electron chi connectivity index (χ4n) is 4.42. The highest BCUT2D eigenvalue weighted by Gasteiger charge is 2.28. The van der Waals surface area contributed by atoms with Gasteiger partial charge in [-0.2, -0.15) is 0 Å². The zero-order chi connectivity index (χ0) is 23.3. The van der Waals surface area contributed by atoms with Crippen molar-refractivity contribution in [3.05, 3.63) is 102 Å². The molecule has 1 saturated heterocycles. The van der Waals surface area contributed by atoms with E-state index >= 15 is 0 Å². The molecule has 3 N–H and O–H groups in total. The van der Waals surface area contributed by atoms with Crippen LogP contribution in [0.25, 0.3) is 0 Å². The van der Waals surface area contributed by atoms with Crippen LogP contribution in [0.2, 0.25) is 5.15 Å². The first-order valence-electron chi connectivity index (χ1n) is 11.3. The summed E-state index contributed by atoms with van der Waals surface area (Å²) < 4.78 is 0. The molecule has 0 unspecified atom stereocenters. The van der Waals surface area contributed by atoms with Crippen LogP contribution in [0, 0.1) is 0 Å². The van der Waals surface area contributed by atoms with E-state index in [2.05, 4.69) is 90.7 Å². The number of anilines is 4. The van der Waals surface area contributed by atoms with E-state index in [0.29, 0.717) is 22.3 Å². The number of nitrogen functional groups attached to an aromatic ring is 1. The molecular weight excluding hydrogens is 446 g/mol. The minimum atomic E-state index is 0.206. The smallest absolute Gasteiger partial charge is 0.159 e. The second-order valence-corrected chi connectivity index (χ2v) is 8.53. The number of pyridine rings is 1. The number of halogens is 1. The lowest BCUT2D eigenvalue weighted by molar-refractivity contribution is 0.212. The van der Waals surface area contributed by atoms with Crippen molar-refractivity contribution in [2.45, 2.75) is 6.04 Å². The highest BCUT2D eigenvalue weighted by molar-refractivity contribution is 6.32. The lowest BCUT2D eigenvalue weighted by Crippen LogP contribution is -2.48. The van der Waals surface area contributed by atoms with Gasteiger partial charge in [0.1, 0.15) is 12.0 Å². The summed E-state index contributed by atoms with van der Waals surface area (Å²) in [6, 6.07) is 25.2. The molecule has 0 amide bonds. The molecule has 5 rings (SSSR count). The molecule has 4 aromatic rings. The Balaban J connectivity index is 1.34. The summed E-state index contributed by atoms with van der Waals surface area (Å²) in [5, 5.41) is 3.55. The van der Waals surface area contributed by atoms with Gasteiger partial charge >= 0.3 is 0 Å². The number of piperazine rings is 1. The van der Waals surface area contributed by atoms with Crippen LogP contribution in [0.5, 0.6) is 0 Å². The van der Waals surface area contributed by atoms with Crippen molar-refractivity contribution in [3.63, 3.8) is 0 Å². The molecule has 7 nitrogen and oxygen atoms in total. The Morgan fingerprint density at radius 1 is 0.794 bits per heavy atom. The summed E-state index contributed by atoms with van der Waals surface area (Å²) >= 11 is 6.19. The summed E-state index contributed by atoms with van der Waals surface area (Å²) in [5.74, 6) is 1.25. The van der Waals surface area contributed by atoms with E-state index in [4.69, 9.17) is 17.3 Å². The lowest BCUT2D eigenvalue weighted by atomic mass is 9.96. The molecule has 172 valence electrons. The molecule has 1 aliphatic rings. The van der Waals surface area contributed by atoms with Crippen LogP contribution in [0.3, 0.4) is 0 Å². The number of hydrogen-bond acceptors (Lipinski definition) is 7. The predicted octanol–water partition coefficient (Wildman–Crippen LogP) is 4.76. The first-order chi connectivity index (χ1) is 16.7. The zero-order valence-electron chi connectivity index (χ0n) is 18.7. The molecule has 0 spiro atoms. The molecular formula is C26H26ClN7. The van der Waals surface area contributed by atoms with Crippen LogP contribution >= 0.6 is 11.6 Å². The molecule has 3 heterocycles. The highest BCUT2D eigenvalue weighted by atomic mass is 35.5. The maximum Gasteiger partial charge on any atom is 0.159 e. The van der Waals surface area contributed by atoms with Crippen LogP contribution in [-0.2, 0) is 0 Å². The molecule has 0 atom stereocenters. The van der Waals surface area contributed by atoms with E-state index in [9.17, 15) is 0 Å². The van der Waals surface area contributed by atoms with Gasteiger partial charge in [0.2, 0.25) is 0 Å². The van der Waals surface area contributed by atoms with Crippen LogP contribution in [0.15, 0.2) is 85.3 Å². The first kappa shape index (κ1) is 22.1. The maximum atomic E-state index is 6.48. The van der Waals surface area contributed by atoms with Gasteiger partial charge in [-0.25, -0.2) is 15.0 Å². The van der Waals surface area contributed by atoms with Crippen molar-refractivity contribution < 1.29 is 0 Å². The van der Waals surface area contributed by atoms with Gasteiger partial charge in [-0.15, -0.1) is 0 Å². The van der Waals surface area contributed by atoms with Crippen molar-refractivity contribution in [1.82, 2.24) is 19.9 Å². The number of rotatable bonds is 6. The number of aromatic nitrogens is 3. The fraction of sp³-hybridized carbons (Fsp3) is 0.192. The van der Waals surface area contributed by atoms with Crippen LogP contribution in [-0.4, -0.2) is 46.0 Å². The van der Waals surface area contributed by atoms with Crippen LogP contribution < -0.4 is 16.0 Å². The van der Waals surface area contributed by atoms with Gasteiger partial charge in [-0.05, 0) is 23.3 Å². The minimum Gasteiger partial charge on any atom is -0.393 e. The van der Waals surface area contributed by atoms with Gasteiger partial charge in [0.05, 0.1) is 11.7 Å².